The summed E-state index contributed by atoms with van der Waals surface area (Å²) >= 11 is 3.14. The van der Waals surface area contributed by atoms with Crippen molar-refractivity contribution in [2.75, 3.05) is 0 Å². The Labute approximate surface area is 199 Å². The molecule has 5 rings (SSSR count). The van der Waals surface area contributed by atoms with Crippen LogP contribution in [0.25, 0.3) is 0 Å². The SMILES string of the molecule is O=C1OC2(c3ccccc31)c1ccc(O)c(Br)c1Oc1cc(O)c(S(=O)(=O)O)c(S(=O)(=O)O)c12. The molecule has 0 saturated carbocycles. The van der Waals surface area contributed by atoms with Gasteiger partial charge in [0.1, 0.15) is 26.6 Å². The van der Waals surface area contributed by atoms with Crippen LogP contribution in [-0.2, 0) is 30.6 Å². The number of carbonyl (C=O) groups is 1. The van der Waals surface area contributed by atoms with Crippen molar-refractivity contribution in [3.05, 3.63) is 69.2 Å². The van der Waals surface area contributed by atoms with Crippen molar-refractivity contribution in [3.8, 4) is 23.0 Å². The molecular weight excluding hydrogens is 560 g/mol. The van der Waals surface area contributed by atoms with Crippen LogP contribution < -0.4 is 4.74 Å². The van der Waals surface area contributed by atoms with Crippen molar-refractivity contribution >= 4 is 42.1 Å². The van der Waals surface area contributed by atoms with Gasteiger partial charge in [-0.1, -0.05) is 18.2 Å². The van der Waals surface area contributed by atoms with E-state index in [1.165, 1.54) is 36.4 Å². The van der Waals surface area contributed by atoms with Crippen LogP contribution in [0.4, 0.5) is 0 Å². The lowest BCUT2D eigenvalue weighted by atomic mass is 9.77. The van der Waals surface area contributed by atoms with Crippen LogP contribution >= 0.6 is 15.9 Å². The maximum absolute atomic E-state index is 12.9. The Balaban J connectivity index is 2.08. The minimum Gasteiger partial charge on any atom is -0.507 e. The molecule has 1 spiro atoms. The predicted molar refractivity (Wildman–Crippen MR) is 115 cm³/mol. The van der Waals surface area contributed by atoms with E-state index in [-0.39, 0.29) is 32.7 Å². The van der Waals surface area contributed by atoms with E-state index in [0.717, 1.165) is 0 Å². The number of carbonyl (C=O) groups excluding carboxylic acids is 1. The molecule has 0 radical (unpaired) electrons. The summed E-state index contributed by atoms with van der Waals surface area (Å²) in [6.07, 6.45) is 0. The molecule has 0 aliphatic carbocycles. The van der Waals surface area contributed by atoms with Gasteiger partial charge in [-0.15, -0.1) is 0 Å². The predicted octanol–water partition coefficient (Wildman–Crippen LogP) is 2.92. The molecule has 34 heavy (non-hydrogen) atoms. The van der Waals surface area contributed by atoms with Gasteiger partial charge in [0.25, 0.3) is 20.2 Å². The molecule has 0 aromatic heterocycles. The topological polar surface area (TPSA) is 185 Å². The van der Waals surface area contributed by atoms with Gasteiger partial charge in [-0.25, -0.2) is 4.79 Å². The summed E-state index contributed by atoms with van der Waals surface area (Å²) in [5, 5.41) is 20.5. The zero-order chi connectivity index (χ0) is 24.8. The maximum atomic E-state index is 12.9. The number of esters is 1. The van der Waals surface area contributed by atoms with Gasteiger partial charge in [-0.05, 0) is 34.1 Å². The highest BCUT2D eigenvalue weighted by molar-refractivity contribution is 9.10. The standard InChI is InChI=1S/C20H11BrO11S2/c21-15-11(22)6-5-10-16(15)31-13-7-12(23)17(33(25,26)27)18(34(28,29)30)14(13)20(10)9-4-2-1-3-8(9)19(24)32-20/h1-7,22-23H,(H,25,26,27)(H,28,29,30). The highest BCUT2D eigenvalue weighted by atomic mass is 79.9. The third-order valence-corrected chi connectivity index (χ3v) is 8.24. The van der Waals surface area contributed by atoms with Gasteiger partial charge in [-0.2, -0.15) is 16.8 Å². The largest absolute Gasteiger partial charge is 0.507 e. The molecule has 2 aliphatic rings. The highest BCUT2D eigenvalue weighted by Crippen LogP contribution is 2.61. The summed E-state index contributed by atoms with van der Waals surface area (Å²) in [7, 11) is -11.0. The lowest BCUT2D eigenvalue weighted by molar-refractivity contribution is 0.0211. The second-order valence-electron chi connectivity index (χ2n) is 7.37. The number of ether oxygens (including phenoxy) is 2. The van der Waals surface area contributed by atoms with Gasteiger partial charge in [0, 0.05) is 17.2 Å². The van der Waals surface area contributed by atoms with Gasteiger partial charge in [0.15, 0.2) is 16.2 Å². The van der Waals surface area contributed by atoms with Crippen LogP contribution in [0.5, 0.6) is 23.0 Å². The zero-order valence-electron chi connectivity index (χ0n) is 16.4. The minimum absolute atomic E-state index is 0.00624. The van der Waals surface area contributed by atoms with E-state index in [1.54, 1.807) is 0 Å². The molecule has 3 aromatic carbocycles. The molecule has 0 saturated heterocycles. The first-order valence-corrected chi connectivity index (χ1v) is 12.8. The van der Waals surface area contributed by atoms with E-state index in [0.29, 0.717) is 6.07 Å². The van der Waals surface area contributed by atoms with Crippen molar-refractivity contribution in [2.24, 2.45) is 0 Å². The Kier molecular flexibility index (Phi) is 4.61. The van der Waals surface area contributed by atoms with Crippen LogP contribution in [0.15, 0.2) is 56.7 Å². The molecule has 11 nitrogen and oxygen atoms in total. The number of rotatable bonds is 2. The van der Waals surface area contributed by atoms with Gasteiger partial charge < -0.3 is 19.7 Å². The van der Waals surface area contributed by atoms with E-state index in [4.69, 9.17) is 9.47 Å². The average Bonchev–Trinajstić information content (AvgIpc) is 3.02. The molecule has 2 heterocycles. The fraction of sp³-hybridized carbons (Fsp3) is 0.0500. The molecule has 0 fully saturated rings. The quantitative estimate of drug-likeness (QED) is 0.262. The normalized spacial score (nSPS) is 18.6. The van der Waals surface area contributed by atoms with Crippen LogP contribution in [0.3, 0.4) is 0 Å². The number of hydrogen-bond donors (Lipinski definition) is 4. The molecule has 14 heteroatoms. The maximum Gasteiger partial charge on any atom is 0.340 e. The molecule has 1 unspecified atom stereocenters. The number of benzene rings is 3. The number of halogens is 1. The summed E-state index contributed by atoms with van der Waals surface area (Å²) in [6, 6.07) is 8.93. The molecule has 4 N–H and O–H groups in total. The zero-order valence-corrected chi connectivity index (χ0v) is 19.6. The molecule has 0 amide bonds. The van der Waals surface area contributed by atoms with Gasteiger partial charge >= 0.3 is 5.97 Å². The van der Waals surface area contributed by atoms with Crippen molar-refractivity contribution in [3.63, 3.8) is 0 Å². The summed E-state index contributed by atoms with van der Waals surface area (Å²) in [5.41, 5.74) is -2.89. The van der Waals surface area contributed by atoms with Crippen LogP contribution in [0.1, 0.15) is 27.0 Å². The summed E-state index contributed by atoms with van der Waals surface area (Å²) in [6.45, 7) is 0. The first-order chi connectivity index (χ1) is 15.8. The van der Waals surface area contributed by atoms with Crippen molar-refractivity contribution in [1.29, 1.82) is 0 Å². The summed E-state index contributed by atoms with van der Waals surface area (Å²) in [5.74, 6) is -3.15. The summed E-state index contributed by atoms with van der Waals surface area (Å²) < 4.78 is 80.4. The third kappa shape index (κ3) is 2.89. The number of aromatic hydroxyl groups is 2. The van der Waals surface area contributed by atoms with E-state index in [9.17, 15) is 40.9 Å². The molecule has 0 bridgehead atoms. The number of phenolic OH excluding ortho intramolecular Hbond substituents is 2. The Morgan fingerprint density at radius 3 is 2.15 bits per heavy atom. The number of phenols is 2. The Morgan fingerprint density at radius 1 is 0.853 bits per heavy atom. The number of fused-ring (bicyclic) bond motifs is 6. The summed E-state index contributed by atoms with van der Waals surface area (Å²) in [4.78, 5) is 9.90. The van der Waals surface area contributed by atoms with E-state index in [1.807, 2.05) is 0 Å². The lowest BCUT2D eigenvalue weighted by Gasteiger charge is -2.38. The Hall–Kier alpha value is -3.17. The van der Waals surface area contributed by atoms with E-state index < -0.39 is 58.7 Å². The van der Waals surface area contributed by atoms with Gasteiger partial charge in [0.2, 0.25) is 0 Å². The monoisotopic (exact) mass is 570 g/mol. The fourth-order valence-electron chi connectivity index (χ4n) is 4.28. The van der Waals surface area contributed by atoms with Crippen molar-refractivity contribution < 1.29 is 50.4 Å². The lowest BCUT2D eigenvalue weighted by Crippen LogP contribution is -2.35. The fourth-order valence-corrected chi connectivity index (χ4v) is 6.84. The van der Waals surface area contributed by atoms with Crippen LogP contribution in [-0.4, -0.2) is 42.1 Å². The van der Waals surface area contributed by atoms with Crippen molar-refractivity contribution in [2.45, 2.75) is 15.4 Å². The van der Waals surface area contributed by atoms with E-state index in [2.05, 4.69) is 15.9 Å². The Bertz CT molecular complexity index is 1660. The van der Waals surface area contributed by atoms with Crippen LogP contribution in [0, 0.1) is 0 Å². The molecule has 1 atom stereocenters. The smallest absolute Gasteiger partial charge is 0.340 e. The van der Waals surface area contributed by atoms with Gasteiger partial charge in [-0.3, -0.25) is 9.11 Å². The van der Waals surface area contributed by atoms with Crippen molar-refractivity contribution in [1.82, 2.24) is 0 Å². The first kappa shape index (κ1) is 22.6. The molecular formula is C20H11BrO11S2. The molecule has 3 aromatic rings. The second-order valence-corrected chi connectivity index (χ2v) is 10.9. The average molecular weight is 571 g/mol. The number of hydrogen-bond acceptors (Lipinski definition) is 9. The highest BCUT2D eigenvalue weighted by Gasteiger charge is 2.57. The second kappa shape index (κ2) is 6.93. The van der Waals surface area contributed by atoms with Crippen LogP contribution in [0.2, 0.25) is 0 Å². The third-order valence-electron chi connectivity index (χ3n) is 5.49. The minimum atomic E-state index is -5.52. The molecule has 2 aliphatic heterocycles. The Morgan fingerprint density at radius 2 is 1.50 bits per heavy atom. The van der Waals surface area contributed by atoms with Gasteiger partial charge in [0.05, 0.1) is 11.1 Å². The first-order valence-electron chi connectivity index (χ1n) is 9.16. The van der Waals surface area contributed by atoms with E-state index >= 15 is 0 Å². The molecule has 176 valence electrons.